The van der Waals surface area contributed by atoms with Gasteiger partial charge in [0.25, 0.3) is 0 Å². The van der Waals surface area contributed by atoms with Crippen molar-refractivity contribution < 1.29 is 9.53 Å². The van der Waals surface area contributed by atoms with E-state index in [0.29, 0.717) is 10.2 Å². The Kier molecular flexibility index (Phi) is 2.95. The molecule has 0 atom stereocenters. The van der Waals surface area contributed by atoms with Crippen LogP contribution in [0.25, 0.3) is 0 Å². The van der Waals surface area contributed by atoms with Crippen LogP contribution in [0.2, 0.25) is 0 Å². The second-order valence-corrected chi connectivity index (χ2v) is 4.31. The lowest BCUT2D eigenvalue weighted by Gasteiger charge is -2.19. The minimum absolute atomic E-state index is 0.228. The minimum Gasteiger partial charge on any atom is -0.455 e. The fraction of sp³-hybridized carbons (Fsp3) is 0.182. The second kappa shape index (κ2) is 4.22. The third kappa shape index (κ3) is 1.99. The van der Waals surface area contributed by atoms with Gasteiger partial charge in [0, 0.05) is 12.7 Å². The van der Waals surface area contributed by atoms with Gasteiger partial charge >= 0.3 is 5.97 Å². The summed E-state index contributed by atoms with van der Waals surface area (Å²) in [6, 6.07) is 9.90. The van der Waals surface area contributed by atoms with Crippen LogP contribution in [0.5, 0.6) is 0 Å². The third-order valence-electron chi connectivity index (χ3n) is 2.32. The molecule has 78 valence electrons. The van der Waals surface area contributed by atoms with E-state index in [1.807, 2.05) is 64.9 Å². The first-order valence-electron chi connectivity index (χ1n) is 4.54. The Balaban J connectivity index is 2.30. The van der Waals surface area contributed by atoms with E-state index in [0.717, 1.165) is 11.4 Å². The zero-order valence-corrected chi connectivity index (χ0v) is 10.4. The van der Waals surface area contributed by atoms with Gasteiger partial charge in [-0.2, -0.15) is 0 Å². The summed E-state index contributed by atoms with van der Waals surface area (Å²) in [5.41, 5.74) is 1.98. The fourth-order valence-corrected chi connectivity index (χ4v) is 2.10. The number of cyclic esters (lactones) is 1. The second-order valence-electron chi connectivity index (χ2n) is 3.23. The van der Waals surface area contributed by atoms with Crippen LogP contribution in [0.1, 0.15) is 0 Å². The number of carbonyl (C=O) groups is 1. The first-order valence-corrected chi connectivity index (χ1v) is 5.62. The Morgan fingerprint density at radius 1 is 1.33 bits per heavy atom. The molecule has 0 aromatic heterocycles. The van der Waals surface area contributed by atoms with Crippen LogP contribution >= 0.6 is 22.6 Å². The van der Waals surface area contributed by atoms with Gasteiger partial charge in [0.15, 0.2) is 0 Å². The third-order valence-corrected chi connectivity index (χ3v) is 3.38. The summed E-state index contributed by atoms with van der Waals surface area (Å²) in [5.74, 6) is -0.228. The number of rotatable bonds is 2. The monoisotopic (exact) mass is 315 g/mol. The topological polar surface area (TPSA) is 29.5 Å². The molecule has 3 nitrogen and oxygen atoms in total. The van der Waals surface area contributed by atoms with Crippen molar-refractivity contribution in [2.24, 2.45) is 0 Å². The van der Waals surface area contributed by atoms with E-state index in [4.69, 9.17) is 4.74 Å². The fourth-order valence-electron chi connectivity index (χ4n) is 1.43. The first kappa shape index (κ1) is 10.5. The lowest BCUT2D eigenvalue weighted by Crippen LogP contribution is -2.17. The summed E-state index contributed by atoms with van der Waals surface area (Å²) >= 11 is 2.03. The number of esters is 1. The molecule has 0 bridgehead atoms. The van der Waals surface area contributed by atoms with Crippen molar-refractivity contribution in [3.8, 4) is 0 Å². The van der Waals surface area contributed by atoms with Crippen LogP contribution in [0, 0.1) is 0 Å². The van der Waals surface area contributed by atoms with Crippen molar-refractivity contribution in [3.63, 3.8) is 0 Å². The van der Waals surface area contributed by atoms with Crippen molar-refractivity contribution in [1.82, 2.24) is 0 Å². The zero-order valence-electron chi connectivity index (χ0n) is 8.24. The molecule has 0 spiro atoms. The molecule has 1 aromatic rings. The Hall–Kier alpha value is -1.04. The lowest BCUT2D eigenvalue weighted by atomic mass is 10.3. The highest BCUT2D eigenvalue weighted by Crippen LogP contribution is 2.27. The van der Waals surface area contributed by atoms with Gasteiger partial charge in [-0.05, 0) is 34.7 Å². The van der Waals surface area contributed by atoms with Crippen LogP contribution in [0.15, 0.2) is 39.6 Å². The molecule has 0 radical (unpaired) electrons. The number of hydrogen-bond donors (Lipinski definition) is 0. The largest absolute Gasteiger partial charge is 0.455 e. The van der Waals surface area contributed by atoms with Crippen molar-refractivity contribution >= 4 is 34.2 Å². The number of benzene rings is 1. The van der Waals surface area contributed by atoms with Gasteiger partial charge in [-0.3, -0.25) is 0 Å². The Morgan fingerprint density at radius 3 is 2.53 bits per heavy atom. The molecular formula is C11H10INO2. The van der Waals surface area contributed by atoms with Crippen LogP contribution < -0.4 is 4.90 Å². The molecule has 1 aliphatic heterocycles. The van der Waals surface area contributed by atoms with Gasteiger partial charge in [-0.1, -0.05) is 18.2 Å². The van der Waals surface area contributed by atoms with Gasteiger partial charge < -0.3 is 9.64 Å². The number of anilines is 1. The molecular weight excluding hydrogens is 305 g/mol. The molecule has 2 rings (SSSR count). The maximum atomic E-state index is 11.2. The van der Waals surface area contributed by atoms with Gasteiger partial charge in [-0.15, -0.1) is 0 Å². The van der Waals surface area contributed by atoms with Gasteiger partial charge in [0.2, 0.25) is 0 Å². The number of likely N-dealkylation sites (N-methyl/N-ethyl adjacent to an activating group) is 1. The zero-order chi connectivity index (χ0) is 10.8. The van der Waals surface area contributed by atoms with E-state index in [1.165, 1.54) is 0 Å². The summed E-state index contributed by atoms with van der Waals surface area (Å²) in [4.78, 5) is 13.2. The molecule has 1 heterocycles. The number of ether oxygens (including phenoxy) is 1. The van der Waals surface area contributed by atoms with E-state index >= 15 is 0 Å². The Labute approximate surface area is 102 Å². The van der Waals surface area contributed by atoms with Crippen LogP contribution in [0.4, 0.5) is 5.69 Å². The molecule has 4 heteroatoms. The van der Waals surface area contributed by atoms with E-state index in [2.05, 4.69) is 0 Å². The number of halogens is 1. The van der Waals surface area contributed by atoms with E-state index < -0.39 is 0 Å². The predicted molar refractivity (Wildman–Crippen MR) is 66.9 cm³/mol. The average Bonchev–Trinajstić information content (AvgIpc) is 2.60. The quantitative estimate of drug-likeness (QED) is 0.620. The molecule has 0 N–H and O–H groups in total. The standard InChI is InChI=1S/C11H10INO2/c1-13(8-5-3-2-4-6-8)9-7-15-11(14)10(9)12/h2-6H,7H2,1H3. The highest BCUT2D eigenvalue weighted by Gasteiger charge is 2.25. The minimum atomic E-state index is -0.228. The van der Waals surface area contributed by atoms with E-state index in [-0.39, 0.29) is 5.97 Å². The van der Waals surface area contributed by atoms with E-state index in [1.54, 1.807) is 0 Å². The summed E-state index contributed by atoms with van der Waals surface area (Å²) in [7, 11) is 1.94. The van der Waals surface area contributed by atoms with Crippen LogP contribution in [-0.4, -0.2) is 19.6 Å². The van der Waals surface area contributed by atoms with Gasteiger partial charge in [0.1, 0.15) is 10.2 Å². The summed E-state index contributed by atoms with van der Waals surface area (Å²) < 4.78 is 5.62. The van der Waals surface area contributed by atoms with Crippen molar-refractivity contribution in [2.75, 3.05) is 18.6 Å². The molecule has 0 saturated heterocycles. The van der Waals surface area contributed by atoms with Gasteiger partial charge in [-0.25, -0.2) is 4.79 Å². The maximum Gasteiger partial charge on any atom is 0.346 e. The maximum absolute atomic E-state index is 11.2. The smallest absolute Gasteiger partial charge is 0.346 e. The van der Waals surface area contributed by atoms with Gasteiger partial charge in [0.05, 0.1) is 5.70 Å². The normalized spacial score (nSPS) is 15.5. The molecule has 15 heavy (non-hydrogen) atoms. The predicted octanol–water partition coefficient (Wildman–Crippen LogP) is 2.33. The van der Waals surface area contributed by atoms with Crippen LogP contribution in [-0.2, 0) is 9.53 Å². The average molecular weight is 315 g/mol. The Morgan fingerprint density at radius 2 is 2.00 bits per heavy atom. The molecule has 1 aliphatic rings. The highest BCUT2D eigenvalue weighted by atomic mass is 127. The number of carbonyl (C=O) groups excluding carboxylic acids is 1. The number of hydrogen-bond acceptors (Lipinski definition) is 3. The number of para-hydroxylation sites is 1. The van der Waals surface area contributed by atoms with Crippen molar-refractivity contribution in [1.29, 1.82) is 0 Å². The van der Waals surface area contributed by atoms with Crippen LogP contribution in [0.3, 0.4) is 0 Å². The molecule has 0 aliphatic carbocycles. The summed E-state index contributed by atoms with van der Waals surface area (Å²) in [5, 5.41) is 0. The highest BCUT2D eigenvalue weighted by molar-refractivity contribution is 14.1. The molecule has 0 fully saturated rings. The van der Waals surface area contributed by atoms with Crippen molar-refractivity contribution in [2.45, 2.75) is 0 Å². The SMILES string of the molecule is CN(C1=C(I)C(=O)OC1)c1ccccc1. The summed E-state index contributed by atoms with van der Waals surface area (Å²) in [6.45, 7) is 0.364. The van der Waals surface area contributed by atoms with Crippen molar-refractivity contribution in [3.05, 3.63) is 39.6 Å². The summed E-state index contributed by atoms with van der Waals surface area (Å²) in [6.07, 6.45) is 0. The van der Waals surface area contributed by atoms with E-state index in [9.17, 15) is 4.79 Å². The molecule has 0 amide bonds. The Bertz CT molecular complexity index is 414. The molecule has 0 saturated carbocycles. The molecule has 1 aromatic carbocycles. The lowest BCUT2D eigenvalue weighted by molar-refractivity contribution is -0.135. The first-order chi connectivity index (χ1) is 7.20. The number of nitrogens with zero attached hydrogens (tertiary/aromatic N) is 1. The molecule has 0 unspecified atom stereocenters.